The molecule has 4 aromatic rings. The van der Waals surface area contributed by atoms with Crippen LogP contribution in [0.5, 0.6) is 0 Å². The van der Waals surface area contributed by atoms with Gasteiger partial charge in [-0.15, -0.1) is 0 Å². The largest absolute Gasteiger partial charge is 0.444 e. The summed E-state index contributed by atoms with van der Waals surface area (Å²) in [6, 6.07) is 24.6. The Morgan fingerprint density at radius 2 is 1.53 bits per heavy atom. The third-order valence-electron chi connectivity index (χ3n) is 8.37. The van der Waals surface area contributed by atoms with Gasteiger partial charge in [0.1, 0.15) is 5.60 Å². The van der Waals surface area contributed by atoms with Crippen molar-refractivity contribution in [1.82, 2.24) is 9.47 Å². The lowest BCUT2D eigenvalue weighted by Gasteiger charge is -2.33. The number of likely N-dealkylation sites (tertiary alicyclic amines) is 1. The molecule has 1 fully saturated rings. The molecule has 3 aromatic carbocycles. The van der Waals surface area contributed by atoms with Crippen LogP contribution in [0.15, 0.2) is 79.0 Å². The maximum atomic E-state index is 13.3. The topological polar surface area (TPSA) is 54.8 Å². The van der Waals surface area contributed by atoms with Crippen LogP contribution < -0.4 is 4.90 Å². The quantitative estimate of drug-likeness (QED) is 0.239. The van der Waals surface area contributed by atoms with Crippen molar-refractivity contribution < 1.29 is 14.3 Å². The fourth-order valence-corrected chi connectivity index (χ4v) is 5.87. The summed E-state index contributed by atoms with van der Waals surface area (Å²) in [5, 5.41) is 1.20. The Bertz CT molecular complexity index is 1580. The van der Waals surface area contributed by atoms with Crippen LogP contribution >= 0.6 is 0 Å². The van der Waals surface area contributed by atoms with Crippen LogP contribution in [0.2, 0.25) is 0 Å². The monoisotopic (exact) mass is 579 g/mol. The molecule has 6 nitrogen and oxygen atoms in total. The SMILES string of the molecule is CN(C(=O)c1ccccc1)c1ccc2c(C3CCN(C(=O)OC(C)(C)C)CC3)cn(Cc3ccc(C(C)(C)C)cc3)c2c1. The minimum absolute atomic E-state index is 0.0365. The molecule has 0 aliphatic carbocycles. The smallest absolute Gasteiger partial charge is 0.410 e. The Morgan fingerprint density at radius 1 is 0.884 bits per heavy atom. The van der Waals surface area contributed by atoms with Gasteiger partial charge in [0.2, 0.25) is 0 Å². The summed E-state index contributed by atoms with van der Waals surface area (Å²) in [7, 11) is 1.84. The number of fused-ring (bicyclic) bond motifs is 1. The average molecular weight is 580 g/mol. The lowest BCUT2D eigenvalue weighted by molar-refractivity contribution is 0.0205. The Hall–Kier alpha value is -4.06. The van der Waals surface area contributed by atoms with Crippen LogP contribution in [0, 0.1) is 0 Å². The summed E-state index contributed by atoms with van der Waals surface area (Å²) in [4.78, 5) is 29.5. The van der Waals surface area contributed by atoms with E-state index in [1.807, 2.05) is 69.1 Å². The molecule has 0 N–H and O–H groups in total. The van der Waals surface area contributed by atoms with Crippen LogP contribution in [0.4, 0.5) is 10.5 Å². The molecule has 1 aliphatic heterocycles. The lowest BCUT2D eigenvalue weighted by Crippen LogP contribution is -2.41. The number of aromatic nitrogens is 1. The number of hydrogen-bond donors (Lipinski definition) is 0. The Kier molecular flexibility index (Phi) is 8.42. The Balaban J connectivity index is 1.46. The highest BCUT2D eigenvalue weighted by Crippen LogP contribution is 2.37. The first-order chi connectivity index (χ1) is 20.3. The number of carbonyl (C=O) groups is 2. The van der Waals surface area contributed by atoms with E-state index in [4.69, 9.17) is 4.74 Å². The molecule has 6 heteroatoms. The van der Waals surface area contributed by atoms with Gasteiger partial charge in [0, 0.05) is 49.5 Å². The van der Waals surface area contributed by atoms with E-state index < -0.39 is 5.60 Å². The molecule has 1 saturated heterocycles. The van der Waals surface area contributed by atoms with Gasteiger partial charge in [-0.05, 0) is 85.9 Å². The van der Waals surface area contributed by atoms with E-state index in [1.54, 1.807) is 4.90 Å². The summed E-state index contributed by atoms with van der Waals surface area (Å²) in [5.74, 6) is 0.297. The highest BCUT2D eigenvalue weighted by molar-refractivity contribution is 6.06. The van der Waals surface area contributed by atoms with E-state index in [-0.39, 0.29) is 17.4 Å². The van der Waals surface area contributed by atoms with Gasteiger partial charge < -0.3 is 19.1 Å². The first kappa shape index (κ1) is 30.4. The van der Waals surface area contributed by atoms with Crippen molar-refractivity contribution in [3.63, 3.8) is 0 Å². The minimum Gasteiger partial charge on any atom is -0.444 e. The summed E-state index contributed by atoms with van der Waals surface area (Å²) in [6.07, 6.45) is 3.82. The summed E-state index contributed by atoms with van der Waals surface area (Å²) >= 11 is 0. The van der Waals surface area contributed by atoms with E-state index in [9.17, 15) is 9.59 Å². The van der Waals surface area contributed by atoms with Crippen molar-refractivity contribution in [1.29, 1.82) is 0 Å². The summed E-state index contributed by atoms with van der Waals surface area (Å²) in [6.45, 7) is 14.5. The van der Waals surface area contributed by atoms with E-state index in [0.29, 0.717) is 24.6 Å². The lowest BCUT2D eigenvalue weighted by atomic mass is 9.87. The fourth-order valence-electron chi connectivity index (χ4n) is 5.87. The van der Waals surface area contributed by atoms with Crippen LogP contribution in [0.25, 0.3) is 10.9 Å². The molecule has 0 spiro atoms. The molecule has 43 heavy (non-hydrogen) atoms. The van der Waals surface area contributed by atoms with Gasteiger partial charge in [0.15, 0.2) is 0 Å². The highest BCUT2D eigenvalue weighted by atomic mass is 16.6. The molecule has 2 amide bonds. The second-order valence-corrected chi connectivity index (χ2v) is 13.8. The maximum absolute atomic E-state index is 13.3. The zero-order valence-corrected chi connectivity index (χ0v) is 26.7. The number of nitrogens with zero attached hydrogens (tertiary/aromatic N) is 3. The molecule has 5 rings (SSSR count). The molecule has 0 unspecified atom stereocenters. The van der Waals surface area contributed by atoms with E-state index >= 15 is 0 Å². The summed E-state index contributed by atoms with van der Waals surface area (Å²) in [5.41, 5.74) is 6.07. The van der Waals surface area contributed by atoms with Gasteiger partial charge in [0.05, 0.1) is 5.52 Å². The van der Waals surface area contributed by atoms with E-state index in [2.05, 4.69) is 67.9 Å². The second kappa shape index (κ2) is 11.9. The zero-order chi connectivity index (χ0) is 30.9. The van der Waals surface area contributed by atoms with Gasteiger partial charge in [-0.2, -0.15) is 0 Å². The standard InChI is InChI=1S/C37H45N3O3/c1-36(2,3)29-15-13-26(14-16-29)24-40-25-32(27-19-21-39(22-20-27)35(42)43-37(4,5)6)31-18-17-30(23-33(31)40)38(7)34(41)28-11-9-8-10-12-28/h8-18,23,25,27H,19-22,24H2,1-7H3. The molecule has 1 aromatic heterocycles. The van der Waals surface area contributed by atoms with Crippen molar-refractivity contribution in [2.45, 2.75) is 77.9 Å². The molecule has 2 heterocycles. The first-order valence-corrected chi connectivity index (χ1v) is 15.3. The molecule has 226 valence electrons. The molecule has 1 aliphatic rings. The van der Waals surface area contributed by atoms with Crippen LogP contribution in [-0.2, 0) is 16.7 Å². The third-order valence-corrected chi connectivity index (χ3v) is 8.37. The second-order valence-electron chi connectivity index (χ2n) is 13.8. The predicted octanol–water partition coefficient (Wildman–Crippen LogP) is 8.38. The number of piperidine rings is 1. The van der Waals surface area contributed by atoms with Gasteiger partial charge in [-0.1, -0.05) is 69.3 Å². The molecule has 0 saturated carbocycles. The van der Waals surface area contributed by atoms with Gasteiger partial charge in [0.25, 0.3) is 5.91 Å². The molecule has 0 radical (unpaired) electrons. The summed E-state index contributed by atoms with van der Waals surface area (Å²) < 4.78 is 7.95. The van der Waals surface area contributed by atoms with E-state index in [1.165, 1.54) is 22.1 Å². The third kappa shape index (κ3) is 6.96. The maximum Gasteiger partial charge on any atom is 0.410 e. The number of carbonyl (C=O) groups excluding carboxylic acids is 2. The molecule has 0 bridgehead atoms. The van der Waals surface area contributed by atoms with Crippen molar-refractivity contribution in [2.75, 3.05) is 25.0 Å². The fraction of sp³-hybridized carbons (Fsp3) is 0.405. The van der Waals surface area contributed by atoms with Crippen LogP contribution in [0.1, 0.15) is 87.4 Å². The van der Waals surface area contributed by atoms with Crippen molar-refractivity contribution in [2.24, 2.45) is 0 Å². The number of hydrogen-bond acceptors (Lipinski definition) is 3. The van der Waals surface area contributed by atoms with E-state index in [0.717, 1.165) is 30.6 Å². The predicted molar refractivity (Wildman–Crippen MR) is 175 cm³/mol. The van der Waals surface area contributed by atoms with Crippen molar-refractivity contribution in [3.8, 4) is 0 Å². The normalized spacial score (nSPS) is 14.6. The number of benzene rings is 3. The van der Waals surface area contributed by atoms with Gasteiger partial charge >= 0.3 is 6.09 Å². The average Bonchev–Trinajstić information content (AvgIpc) is 3.33. The Morgan fingerprint density at radius 3 is 2.14 bits per heavy atom. The number of anilines is 1. The Labute approximate surface area is 256 Å². The van der Waals surface area contributed by atoms with Gasteiger partial charge in [-0.25, -0.2) is 4.79 Å². The van der Waals surface area contributed by atoms with Crippen molar-refractivity contribution in [3.05, 3.63) is 101 Å². The number of rotatable bonds is 5. The number of ether oxygens (including phenoxy) is 1. The zero-order valence-electron chi connectivity index (χ0n) is 26.7. The first-order valence-electron chi connectivity index (χ1n) is 15.3. The molecular formula is C37H45N3O3. The molecule has 0 atom stereocenters. The minimum atomic E-state index is -0.501. The van der Waals surface area contributed by atoms with Crippen LogP contribution in [-0.4, -0.2) is 47.2 Å². The number of amides is 2. The van der Waals surface area contributed by atoms with Crippen molar-refractivity contribution >= 4 is 28.6 Å². The van der Waals surface area contributed by atoms with Crippen LogP contribution in [0.3, 0.4) is 0 Å². The molecular weight excluding hydrogens is 534 g/mol. The highest BCUT2D eigenvalue weighted by Gasteiger charge is 2.29. The van der Waals surface area contributed by atoms with Gasteiger partial charge in [-0.3, -0.25) is 4.79 Å².